The number of hydrogen-bond donors (Lipinski definition) is 2. The fourth-order valence-electron chi connectivity index (χ4n) is 2.22. The van der Waals surface area contributed by atoms with Crippen LogP contribution in [0.25, 0.3) is 0 Å². The summed E-state index contributed by atoms with van der Waals surface area (Å²) in [5.74, 6) is 5.79. The summed E-state index contributed by atoms with van der Waals surface area (Å²) >= 11 is 0. The van der Waals surface area contributed by atoms with E-state index in [0.717, 1.165) is 31.0 Å². The van der Waals surface area contributed by atoms with Crippen LogP contribution in [0.3, 0.4) is 0 Å². The molecule has 2 rings (SSSR count). The third kappa shape index (κ3) is 2.87. The number of nitrogens with two attached hydrogens (primary N) is 1. The Bertz CT molecular complexity index is 394. The molecule has 5 nitrogen and oxygen atoms in total. The zero-order chi connectivity index (χ0) is 12.3. The van der Waals surface area contributed by atoms with E-state index in [1.807, 2.05) is 6.92 Å². The highest BCUT2D eigenvalue weighted by molar-refractivity contribution is 5.91. The first-order valence-corrected chi connectivity index (χ1v) is 6.03. The molecule has 1 aliphatic heterocycles. The molecule has 0 bridgehead atoms. The highest BCUT2D eigenvalue weighted by atomic mass is 16.4. The van der Waals surface area contributed by atoms with Crippen LogP contribution in [0.15, 0.2) is 10.5 Å². The first-order chi connectivity index (χ1) is 8.20. The van der Waals surface area contributed by atoms with Crippen molar-refractivity contribution in [3.63, 3.8) is 0 Å². The molecule has 0 spiro atoms. The standard InChI is InChI=1S/C12H19N3O2/c1-9-10(7-11(17-9)12(16)14-13)8-15-5-3-2-4-6-15/h7H,2-6,8,13H2,1H3,(H,14,16). The SMILES string of the molecule is Cc1oc(C(=O)NN)cc1CN1CCCCC1. The zero-order valence-electron chi connectivity index (χ0n) is 10.2. The van der Waals surface area contributed by atoms with Crippen molar-refractivity contribution < 1.29 is 9.21 Å². The van der Waals surface area contributed by atoms with Gasteiger partial charge >= 0.3 is 5.91 Å². The lowest BCUT2D eigenvalue weighted by Gasteiger charge is -2.25. The summed E-state index contributed by atoms with van der Waals surface area (Å²) in [6, 6.07) is 1.78. The number of amides is 1. The van der Waals surface area contributed by atoms with Crippen LogP contribution >= 0.6 is 0 Å². The molecule has 0 saturated carbocycles. The summed E-state index contributed by atoms with van der Waals surface area (Å²) in [7, 11) is 0. The minimum Gasteiger partial charge on any atom is -0.456 e. The summed E-state index contributed by atoms with van der Waals surface area (Å²) in [5.41, 5.74) is 3.15. The molecule has 1 saturated heterocycles. The van der Waals surface area contributed by atoms with Gasteiger partial charge in [-0.15, -0.1) is 0 Å². The Labute approximate surface area is 101 Å². The monoisotopic (exact) mass is 237 g/mol. The van der Waals surface area contributed by atoms with E-state index in [2.05, 4.69) is 10.3 Å². The van der Waals surface area contributed by atoms with Gasteiger partial charge in [0.05, 0.1) is 0 Å². The Morgan fingerprint density at radius 1 is 1.47 bits per heavy atom. The third-order valence-corrected chi connectivity index (χ3v) is 3.22. The normalized spacial score (nSPS) is 17.1. The van der Waals surface area contributed by atoms with E-state index in [9.17, 15) is 4.79 Å². The number of hydrazine groups is 1. The number of nitrogens with zero attached hydrogens (tertiary/aromatic N) is 1. The van der Waals surface area contributed by atoms with Crippen molar-refractivity contribution in [2.24, 2.45) is 5.84 Å². The lowest BCUT2D eigenvalue weighted by Crippen LogP contribution is -2.30. The van der Waals surface area contributed by atoms with Crippen molar-refractivity contribution >= 4 is 5.91 Å². The molecular formula is C12H19N3O2. The van der Waals surface area contributed by atoms with Crippen molar-refractivity contribution in [3.05, 3.63) is 23.2 Å². The Morgan fingerprint density at radius 3 is 2.82 bits per heavy atom. The molecule has 0 atom stereocenters. The predicted molar refractivity (Wildman–Crippen MR) is 64.2 cm³/mol. The van der Waals surface area contributed by atoms with Gasteiger partial charge in [0.15, 0.2) is 5.76 Å². The van der Waals surface area contributed by atoms with E-state index >= 15 is 0 Å². The molecule has 1 aromatic rings. The minimum atomic E-state index is -0.377. The molecule has 1 aliphatic rings. The highest BCUT2D eigenvalue weighted by Crippen LogP contribution is 2.19. The zero-order valence-corrected chi connectivity index (χ0v) is 10.2. The molecule has 1 fully saturated rings. The Hall–Kier alpha value is -1.33. The molecule has 1 aromatic heterocycles. The number of piperidine rings is 1. The summed E-state index contributed by atoms with van der Waals surface area (Å²) in [6.45, 7) is 4.99. The predicted octanol–water partition coefficient (Wildman–Crippen LogP) is 1.18. The lowest BCUT2D eigenvalue weighted by molar-refractivity contribution is 0.0924. The van der Waals surface area contributed by atoms with E-state index in [1.165, 1.54) is 19.3 Å². The second-order valence-electron chi connectivity index (χ2n) is 4.50. The fraction of sp³-hybridized carbons (Fsp3) is 0.583. The number of carbonyl (C=O) groups is 1. The van der Waals surface area contributed by atoms with Crippen LogP contribution in [0.5, 0.6) is 0 Å². The first-order valence-electron chi connectivity index (χ1n) is 6.03. The maximum absolute atomic E-state index is 11.3. The van der Waals surface area contributed by atoms with Crippen LogP contribution in [0, 0.1) is 6.92 Å². The number of rotatable bonds is 3. The quantitative estimate of drug-likeness (QED) is 0.470. The number of nitrogens with one attached hydrogen (secondary N) is 1. The Kier molecular flexibility index (Phi) is 3.81. The second kappa shape index (κ2) is 5.33. The van der Waals surface area contributed by atoms with Crippen LogP contribution in [0.1, 0.15) is 41.1 Å². The van der Waals surface area contributed by atoms with E-state index in [1.54, 1.807) is 6.07 Å². The summed E-state index contributed by atoms with van der Waals surface area (Å²) in [4.78, 5) is 13.7. The molecule has 0 aromatic carbocycles. The highest BCUT2D eigenvalue weighted by Gasteiger charge is 2.17. The number of furan rings is 1. The first kappa shape index (κ1) is 12.1. The van der Waals surface area contributed by atoms with Gasteiger partial charge in [0.1, 0.15) is 5.76 Å². The third-order valence-electron chi connectivity index (χ3n) is 3.22. The lowest BCUT2D eigenvalue weighted by atomic mass is 10.1. The van der Waals surface area contributed by atoms with E-state index in [-0.39, 0.29) is 11.7 Å². The summed E-state index contributed by atoms with van der Waals surface area (Å²) < 4.78 is 5.39. The number of aryl methyl sites for hydroxylation is 1. The number of hydrogen-bond acceptors (Lipinski definition) is 4. The molecule has 17 heavy (non-hydrogen) atoms. The van der Waals surface area contributed by atoms with Crippen molar-refractivity contribution in [1.82, 2.24) is 10.3 Å². The topological polar surface area (TPSA) is 71.5 Å². The second-order valence-corrected chi connectivity index (χ2v) is 4.50. The van der Waals surface area contributed by atoms with Crippen molar-refractivity contribution in [2.45, 2.75) is 32.7 Å². The molecule has 0 radical (unpaired) electrons. The van der Waals surface area contributed by atoms with Gasteiger partial charge in [-0.25, -0.2) is 5.84 Å². The maximum Gasteiger partial charge on any atom is 0.300 e. The van der Waals surface area contributed by atoms with Gasteiger partial charge in [-0.2, -0.15) is 0 Å². The summed E-state index contributed by atoms with van der Waals surface area (Å²) in [5, 5.41) is 0. The summed E-state index contributed by atoms with van der Waals surface area (Å²) in [6.07, 6.45) is 3.84. The molecule has 2 heterocycles. The molecule has 0 aliphatic carbocycles. The van der Waals surface area contributed by atoms with E-state index in [0.29, 0.717) is 0 Å². The minimum absolute atomic E-state index is 0.289. The largest absolute Gasteiger partial charge is 0.456 e. The maximum atomic E-state index is 11.3. The van der Waals surface area contributed by atoms with Crippen LogP contribution in [0.4, 0.5) is 0 Å². The van der Waals surface area contributed by atoms with Crippen LogP contribution in [-0.2, 0) is 6.54 Å². The van der Waals surface area contributed by atoms with E-state index < -0.39 is 0 Å². The Balaban J connectivity index is 2.04. The fourth-order valence-corrected chi connectivity index (χ4v) is 2.22. The van der Waals surface area contributed by atoms with Gasteiger partial charge in [0.25, 0.3) is 0 Å². The smallest absolute Gasteiger partial charge is 0.300 e. The number of carbonyl (C=O) groups excluding carboxylic acids is 1. The van der Waals surface area contributed by atoms with Crippen molar-refractivity contribution in [2.75, 3.05) is 13.1 Å². The van der Waals surface area contributed by atoms with Gasteiger partial charge < -0.3 is 4.42 Å². The van der Waals surface area contributed by atoms with Gasteiger partial charge in [-0.05, 0) is 38.9 Å². The van der Waals surface area contributed by atoms with Crippen LogP contribution in [-0.4, -0.2) is 23.9 Å². The molecule has 94 valence electrons. The van der Waals surface area contributed by atoms with Gasteiger partial charge in [0, 0.05) is 12.1 Å². The Morgan fingerprint density at radius 2 is 2.18 bits per heavy atom. The molecular weight excluding hydrogens is 218 g/mol. The van der Waals surface area contributed by atoms with Crippen molar-refractivity contribution in [3.8, 4) is 0 Å². The average molecular weight is 237 g/mol. The van der Waals surface area contributed by atoms with Crippen LogP contribution < -0.4 is 11.3 Å². The average Bonchev–Trinajstić information content (AvgIpc) is 2.71. The number of nitrogen functional groups attached to an aromatic ring is 1. The molecule has 3 N–H and O–H groups in total. The molecule has 5 heteroatoms. The van der Waals surface area contributed by atoms with Gasteiger partial charge in [-0.3, -0.25) is 15.1 Å². The van der Waals surface area contributed by atoms with E-state index in [4.69, 9.17) is 10.3 Å². The van der Waals surface area contributed by atoms with Crippen molar-refractivity contribution in [1.29, 1.82) is 0 Å². The molecule has 0 unspecified atom stereocenters. The van der Waals surface area contributed by atoms with Crippen LogP contribution in [0.2, 0.25) is 0 Å². The van der Waals surface area contributed by atoms with Gasteiger partial charge in [-0.1, -0.05) is 6.42 Å². The number of likely N-dealkylation sites (tertiary alicyclic amines) is 1. The van der Waals surface area contributed by atoms with Gasteiger partial charge in [0.2, 0.25) is 0 Å². The molecule has 1 amide bonds.